The van der Waals surface area contributed by atoms with Crippen molar-refractivity contribution in [2.75, 3.05) is 0 Å². The number of nitrogens with zero attached hydrogens (tertiary/aromatic N) is 1. The third-order valence-electron chi connectivity index (χ3n) is 1.68. The van der Waals surface area contributed by atoms with Crippen molar-refractivity contribution < 1.29 is 8.78 Å². The number of nitrogens with two attached hydrogens (primary N) is 1. The molecule has 0 aliphatic rings. The molecule has 0 saturated heterocycles. The van der Waals surface area contributed by atoms with Crippen molar-refractivity contribution >= 4 is 0 Å². The van der Waals surface area contributed by atoms with Crippen molar-refractivity contribution in [1.82, 2.24) is 0 Å². The molecule has 0 unspecified atom stereocenters. The molecular formula is C9H8F2N2. The molecule has 1 rings (SSSR count). The smallest absolute Gasteiger partial charge is 0.159 e. The highest BCUT2D eigenvalue weighted by Crippen LogP contribution is 2.16. The van der Waals surface area contributed by atoms with E-state index in [9.17, 15) is 8.78 Å². The van der Waals surface area contributed by atoms with Gasteiger partial charge in [0.25, 0.3) is 0 Å². The van der Waals surface area contributed by atoms with Gasteiger partial charge in [-0.1, -0.05) is 6.07 Å². The van der Waals surface area contributed by atoms with E-state index in [1.54, 1.807) is 0 Å². The van der Waals surface area contributed by atoms with Crippen molar-refractivity contribution in [3.8, 4) is 6.07 Å². The Hall–Kier alpha value is -1.47. The van der Waals surface area contributed by atoms with E-state index in [1.165, 1.54) is 6.07 Å². The Morgan fingerprint density at radius 3 is 2.62 bits per heavy atom. The fraction of sp³-hybridized carbons (Fsp3) is 0.222. The van der Waals surface area contributed by atoms with Gasteiger partial charge in [-0.05, 0) is 17.7 Å². The van der Waals surface area contributed by atoms with Crippen LogP contribution in [-0.2, 0) is 0 Å². The second kappa shape index (κ2) is 3.97. The van der Waals surface area contributed by atoms with E-state index in [2.05, 4.69) is 0 Å². The highest BCUT2D eigenvalue weighted by atomic mass is 19.2. The normalized spacial score (nSPS) is 12.2. The van der Waals surface area contributed by atoms with E-state index >= 15 is 0 Å². The lowest BCUT2D eigenvalue weighted by Crippen LogP contribution is -2.09. The van der Waals surface area contributed by atoms with Gasteiger partial charge >= 0.3 is 0 Å². The molecule has 0 fully saturated rings. The molecule has 0 saturated carbocycles. The summed E-state index contributed by atoms with van der Waals surface area (Å²) in [6.07, 6.45) is 0.0884. The second-order valence-corrected chi connectivity index (χ2v) is 2.64. The average molecular weight is 182 g/mol. The molecule has 1 aromatic rings. The van der Waals surface area contributed by atoms with Crippen molar-refractivity contribution in [3.05, 3.63) is 35.4 Å². The zero-order valence-corrected chi connectivity index (χ0v) is 6.80. The molecule has 0 aliphatic carbocycles. The van der Waals surface area contributed by atoms with Crippen LogP contribution in [0.2, 0.25) is 0 Å². The third-order valence-corrected chi connectivity index (χ3v) is 1.68. The lowest BCUT2D eigenvalue weighted by Gasteiger charge is -2.07. The number of benzene rings is 1. The van der Waals surface area contributed by atoms with Crippen LogP contribution in [-0.4, -0.2) is 0 Å². The summed E-state index contributed by atoms with van der Waals surface area (Å²) < 4.78 is 25.1. The Balaban J connectivity index is 2.91. The molecule has 0 heterocycles. The molecule has 0 radical (unpaired) electrons. The number of hydrogen-bond donors (Lipinski definition) is 1. The molecule has 0 amide bonds. The van der Waals surface area contributed by atoms with Crippen molar-refractivity contribution in [2.45, 2.75) is 12.5 Å². The monoisotopic (exact) mass is 182 g/mol. The van der Waals surface area contributed by atoms with Gasteiger partial charge < -0.3 is 5.73 Å². The maximum atomic E-state index is 12.7. The van der Waals surface area contributed by atoms with Crippen LogP contribution in [0, 0.1) is 23.0 Å². The molecule has 0 spiro atoms. The minimum atomic E-state index is -0.939. The average Bonchev–Trinajstić information content (AvgIpc) is 2.10. The highest BCUT2D eigenvalue weighted by Gasteiger charge is 2.08. The lowest BCUT2D eigenvalue weighted by atomic mass is 10.1. The number of nitriles is 1. The lowest BCUT2D eigenvalue weighted by molar-refractivity contribution is 0.505. The molecule has 2 N–H and O–H groups in total. The molecule has 4 heteroatoms. The van der Waals surface area contributed by atoms with Gasteiger partial charge in [-0.3, -0.25) is 0 Å². The summed E-state index contributed by atoms with van der Waals surface area (Å²) in [5, 5.41) is 8.32. The van der Waals surface area contributed by atoms with Gasteiger partial charge in [0.05, 0.1) is 12.5 Å². The summed E-state index contributed by atoms with van der Waals surface area (Å²) >= 11 is 0. The van der Waals surface area contributed by atoms with Gasteiger partial charge in [0.1, 0.15) is 0 Å². The van der Waals surface area contributed by atoms with Crippen LogP contribution in [0.3, 0.4) is 0 Å². The van der Waals surface area contributed by atoms with Crippen LogP contribution in [0.4, 0.5) is 8.78 Å². The van der Waals surface area contributed by atoms with Gasteiger partial charge in [-0.15, -0.1) is 0 Å². The topological polar surface area (TPSA) is 49.8 Å². The first kappa shape index (κ1) is 9.62. The molecule has 1 aromatic carbocycles. The molecule has 0 aromatic heterocycles. The number of rotatable bonds is 2. The van der Waals surface area contributed by atoms with E-state index in [-0.39, 0.29) is 6.42 Å². The predicted octanol–water partition coefficient (Wildman–Crippen LogP) is 1.88. The molecular weight excluding hydrogens is 174 g/mol. The van der Waals surface area contributed by atoms with Gasteiger partial charge in [0.15, 0.2) is 11.6 Å². The maximum absolute atomic E-state index is 12.7. The standard InChI is InChI=1S/C9H8F2N2/c10-7-2-1-6(5-8(7)11)9(13)3-4-12/h1-2,5,9H,3,13H2/t9-/m0/s1. The Labute approximate surface area is 74.6 Å². The van der Waals surface area contributed by atoms with Crippen molar-refractivity contribution in [3.63, 3.8) is 0 Å². The second-order valence-electron chi connectivity index (χ2n) is 2.64. The first-order valence-electron chi connectivity index (χ1n) is 3.72. The summed E-state index contributed by atoms with van der Waals surface area (Å²) in [6, 6.07) is 4.69. The zero-order valence-electron chi connectivity index (χ0n) is 6.80. The molecule has 68 valence electrons. The largest absolute Gasteiger partial charge is 0.323 e. The first-order chi connectivity index (χ1) is 6.15. The fourth-order valence-corrected chi connectivity index (χ4v) is 0.959. The predicted molar refractivity (Wildman–Crippen MR) is 43.5 cm³/mol. The van der Waals surface area contributed by atoms with Crippen LogP contribution < -0.4 is 5.73 Å². The number of hydrogen-bond acceptors (Lipinski definition) is 2. The van der Waals surface area contributed by atoms with Crippen molar-refractivity contribution in [1.29, 1.82) is 5.26 Å². The van der Waals surface area contributed by atoms with Crippen molar-refractivity contribution in [2.24, 2.45) is 5.73 Å². The van der Waals surface area contributed by atoms with Gasteiger partial charge in [-0.25, -0.2) is 8.78 Å². The Morgan fingerprint density at radius 2 is 2.08 bits per heavy atom. The van der Waals surface area contributed by atoms with Gasteiger partial charge in [-0.2, -0.15) is 5.26 Å². The van der Waals surface area contributed by atoms with E-state index in [0.29, 0.717) is 5.56 Å². The first-order valence-corrected chi connectivity index (χ1v) is 3.72. The van der Waals surface area contributed by atoms with Crippen LogP contribution in [0.25, 0.3) is 0 Å². The minimum Gasteiger partial charge on any atom is -0.323 e. The highest BCUT2D eigenvalue weighted by molar-refractivity contribution is 5.21. The molecule has 1 atom stereocenters. The van der Waals surface area contributed by atoms with Crippen LogP contribution in [0.5, 0.6) is 0 Å². The summed E-state index contributed by atoms with van der Waals surface area (Å²) in [6.45, 7) is 0. The van der Waals surface area contributed by atoms with Crippen LogP contribution in [0.15, 0.2) is 18.2 Å². The van der Waals surface area contributed by atoms with Gasteiger partial charge in [0, 0.05) is 6.04 Å². The molecule has 13 heavy (non-hydrogen) atoms. The summed E-state index contributed by atoms with van der Waals surface area (Å²) in [7, 11) is 0. The Morgan fingerprint density at radius 1 is 1.38 bits per heavy atom. The summed E-state index contributed by atoms with van der Waals surface area (Å²) in [4.78, 5) is 0. The molecule has 0 aliphatic heterocycles. The van der Waals surface area contributed by atoms with E-state index in [4.69, 9.17) is 11.0 Å². The van der Waals surface area contributed by atoms with Crippen LogP contribution >= 0.6 is 0 Å². The number of halogens is 2. The zero-order chi connectivity index (χ0) is 9.84. The Bertz CT molecular complexity index is 344. The minimum absolute atomic E-state index is 0.0884. The van der Waals surface area contributed by atoms with E-state index in [0.717, 1.165) is 12.1 Å². The third kappa shape index (κ3) is 2.23. The van der Waals surface area contributed by atoms with E-state index in [1.807, 2.05) is 6.07 Å². The SMILES string of the molecule is N#CC[C@H](N)c1ccc(F)c(F)c1. The maximum Gasteiger partial charge on any atom is 0.159 e. The molecule has 0 bridgehead atoms. The molecule has 2 nitrogen and oxygen atoms in total. The van der Waals surface area contributed by atoms with E-state index < -0.39 is 17.7 Å². The fourth-order valence-electron chi connectivity index (χ4n) is 0.959. The summed E-state index contributed by atoms with van der Waals surface area (Å²) in [5.41, 5.74) is 5.94. The van der Waals surface area contributed by atoms with Crippen LogP contribution in [0.1, 0.15) is 18.0 Å². The quantitative estimate of drug-likeness (QED) is 0.759. The Kier molecular flexibility index (Phi) is 2.93. The van der Waals surface area contributed by atoms with Gasteiger partial charge in [0.2, 0.25) is 0 Å². The summed E-state index contributed by atoms with van der Waals surface area (Å²) in [5.74, 6) is -1.85.